The highest BCUT2D eigenvalue weighted by atomic mass is 16.4. The molecule has 0 unspecified atom stereocenters. The van der Waals surface area contributed by atoms with Crippen LogP contribution in [0.1, 0.15) is 16.7 Å². The third kappa shape index (κ3) is 2.11. The van der Waals surface area contributed by atoms with Gasteiger partial charge in [-0.1, -0.05) is 59.3 Å². The number of hydrogen-bond donors (Lipinski definition) is 1. The Labute approximate surface area is 94.9 Å². The van der Waals surface area contributed by atoms with Crippen molar-refractivity contribution in [3.63, 3.8) is 0 Å². The Morgan fingerprint density at radius 3 is 2.25 bits per heavy atom. The first-order chi connectivity index (χ1) is 7.81. The molecule has 2 heteroatoms. The van der Waals surface area contributed by atoms with Crippen LogP contribution in [0, 0.1) is 6.92 Å². The van der Waals surface area contributed by atoms with Crippen molar-refractivity contribution in [2.24, 2.45) is 5.16 Å². The highest BCUT2D eigenvalue weighted by molar-refractivity contribution is 6.12. The van der Waals surface area contributed by atoms with Crippen molar-refractivity contribution in [1.29, 1.82) is 0 Å². The van der Waals surface area contributed by atoms with Gasteiger partial charge in [0.25, 0.3) is 0 Å². The molecule has 0 amide bonds. The monoisotopic (exact) mass is 211 g/mol. The summed E-state index contributed by atoms with van der Waals surface area (Å²) in [7, 11) is 0. The maximum absolute atomic E-state index is 9.11. The van der Waals surface area contributed by atoms with Crippen LogP contribution in [0.2, 0.25) is 0 Å². The summed E-state index contributed by atoms with van der Waals surface area (Å²) in [6.07, 6.45) is 0. The van der Waals surface area contributed by atoms with Crippen molar-refractivity contribution < 1.29 is 5.21 Å². The summed E-state index contributed by atoms with van der Waals surface area (Å²) in [6, 6.07) is 17.6. The molecular formula is C14H13NO. The number of oxime groups is 1. The van der Waals surface area contributed by atoms with Gasteiger partial charge >= 0.3 is 0 Å². The lowest BCUT2D eigenvalue weighted by atomic mass is 10.0. The molecule has 2 rings (SSSR count). The fourth-order valence-electron chi connectivity index (χ4n) is 1.67. The Morgan fingerprint density at radius 1 is 0.938 bits per heavy atom. The van der Waals surface area contributed by atoms with Crippen LogP contribution in [-0.4, -0.2) is 10.9 Å². The molecule has 0 aliphatic carbocycles. The Balaban J connectivity index is 2.46. The van der Waals surface area contributed by atoms with Crippen molar-refractivity contribution in [1.82, 2.24) is 0 Å². The number of rotatable bonds is 2. The minimum absolute atomic E-state index is 0.601. The van der Waals surface area contributed by atoms with E-state index in [2.05, 4.69) is 5.16 Å². The van der Waals surface area contributed by atoms with Gasteiger partial charge < -0.3 is 5.21 Å². The number of nitrogens with zero attached hydrogens (tertiary/aromatic N) is 1. The van der Waals surface area contributed by atoms with Crippen LogP contribution >= 0.6 is 0 Å². The SMILES string of the molecule is Cc1cccc(/C(=N\O)c2ccccc2)c1. The van der Waals surface area contributed by atoms with Crippen molar-refractivity contribution in [3.8, 4) is 0 Å². The first kappa shape index (κ1) is 10.4. The summed E-state index contributed by atoms with van der Waals surface area (Å²) < 4.78 is 0. The van der Waals surface area contributed by atoms with Crippen molar-refractivity contribution in [2.75, 3.05) is 0 Å². The van der Waals surface area contributed by atoms with Gasteiger partial charge in [-0.3, -0.25) is 0 Å². The van der Waals surface area contributed by atoms with E-state index in [1.54, 1.807) is 0 Å². The van der Waals surface area contributed by atoms with E-state index in [1.165, 1.54) is 0 Å². The van der Waals surface area contributed by atoms with Crippen molar-refractivity contribution in [2.45, 2.75) is 6.92 Å². The average Bonchev–Trinajstić information content (AvgIpc) is 2.31. The first-order valence-electron chi connectivity index (χ1n) is 5.16. The molecule has 0 aliphatic heterocycles. The molecule has 16 heavy (non-hydrogen) atoms. The zero-order valence-electron chi connectivity index (χ0n) is 9.09. The van der Waals surface area contributed by atoms with Crippen molar-refractivity contribution in [3.05, 3.63) is 71.3 Å². The molecule has 0 atom stereocenters. The molecule has 80 valence electrons. The van der Waals surface area contributed by atoms with E-state index in [0.717, 1.165) is 16.7 Å². The minimum atomic E-state index is 0.601. The van der Waals surface area contributed by atoms with E-state index in [-0.39, 0.29) is 0 Å². The third-order valence-corrected chi connectivity index (χ3v) is 2.44. The van der Waals surface area contributed by atoms with Gasteiger partial charge in [0, 0.05) is 11.1 Å². The van der Waals surface area contributed by atoms with Crippen LogP contribution < -0.4 is 0 Å². The summed E-state index contributed by atoms with van der Waals surface area (Å²) >= 11 is 0. The molecule has 0 fully saturated rings. The summed E-state index contributed by atoms with van der Waals surface area (Å²) in [6.45, 7) is 2.02. The van der Waals surface area contributed by atoms with Crippen molar-refractivity contribution >= 4 is 5.71 Å². The molecular weight excluding hydrogens is 198 g/mol. The summed E-state index contributed by atoms with van der Waals surface area (Å²) in [5.74, 6) is 0. The fraction of sp³-hybridized carbons (Fsp3) is 0.0714. The van der Waals surface area contributed by atoms with Gasteiger partial charge in [0.05, 0.1) is 0 Å². The van der Waals surface area contributed by atoms with Gasteiger partial charge in [0.15, 0.2) is 0 Å². The lowest BCUT2D eigenvalue weighted by molar-refractivity contribution is 0.319. The molecule has 2 aromatic carbocycles. The number of benzene rings is 2. The zero-order chi connectivity index (χ0) is 11.4. The number of hydrogen-bond acceptors (Lipinski definition) is 2. The Kier molecular flexibility index (Phi) is 3.01. The van der Waals surface area contributed by atoms with Crippen LogP contribution in [0.4, 0.5) is 0 Å². The van der Waals surface area contributed by atoms with Gasteiger partial charge in [0.1, 0.15) is 5.71 Å². The molecule has 0 saturated heterocycles. The van der Waals surface area contributed by atoms with Crippen LogP contribution in [0.15, 0.2) is 59.8 Å². The molecule has 2 aromatic rings. The number of aryl methyl sites for hydroxylation is 1. The molecule has 0 spiro atoms. The van der Waals surface area contributed by atoms with Gasteiger partial charge in [-0.25, -0.2) is 0 Å². The average molecular weight is 211 g/mol. The van der Waals surface area contributed by atoms with E-state index in [1.807, 2.05) is 61.5 Å². The molecule has 0 saturated carbocycles. The minimum Gasteiger partial charge on any atom is -0.410 e. The summed E-state index contributed by atoms with van der Waals surface area (Å²) in [5, 5.41) is 12.5. The van der Waals surface area contributed by atoms with Crippen LogP contribution in [0.5, 0.6) is 0 Å². The highest BCUT2D eigenvalue weighted by Gasteiger charge is 2.06. The van der Waals surface area contributed by atoms with E-state index in [4.69, 9.17) is 5.21 Å². The molecule has 0 aliphatic rings. The standard InChI is InChI=1S/C14H13NO/c1-11-6-5-9-13(10-11)14(15-16)12-7-3-2-4-8-12/h2-10,16H,1H3/b15-14-. The second-order valence-corrected chi connectivity index (χ2v) is 3.68. The maximum Gasteiger partial charge on any atom is 0.117 e. The molecule has 0 radical (unpaired) electrons. The second kappa shape index (κ2) is 4.62. The lowest BCUT2D eigenvalue weighted by Gasteiger charge is -2.05. The smallest absolute Gasteiger partial charge is 0.117 e. The molecule has 0 bridgehead atoms. The maximum atomic E-state index is 9.11. The largest absolute Gasteiger partial charge is 0.410 e. The van der Waals surface area contributed by atoms with E-state index in [9.17, 15) is 0 Å². The molecule has 0 aromatic heterocycles. The van der Waals surface area contributed by atoms with Gasteiger partial charge in [0.2, 0.25) is 0 Å². The van der Waals surface area contributed by atoms with Crippen LogP contribution in [0.3, 0.4) is 0 Å². The Morgan fingerprint density at radius 2 is 1.62 bits per heavy atom. The summed E-state index contributed by atoms with van der Waals surface area (Å²) in [5.41, 5.74) is 3.59. The third-order valence-electron chi connectivity index (χ3n) is 2.44. The Bertz CT molecular complexity index is 503. The fourth-order valence-corrected chi connectivity index (χ4v) is 1.67. The predicted octanol–water partition coefficient (Wildman–Crippen LogP) is 3.22. The van der Waals surface area contributed by atoms with Gasteiger partial charge in [-0.05, 0) is 13.0 Å². The molecule has 2 nitrogen and oxygen atoms in total. The topological polar surface area (TPSA) is 32.6 Å². The predicted molar refractivity (Wildman–Crippen MR) is 65.0 cm³/mol. The van der Waals surface area contributed by atoms with E-state index >= 15 is 0 Å². The first-order valence-corrected chi connectivity index (χ1v) is 5.16. The zero-order valence-corrected chi connectivity index (χ0v) is 9.09. The van der Waals surface area contributed by atoms with E-state index < -0.39 is 0 Å². The van der Waals surface area contributed by atoms with Gasteiger partial charge in [-0.15, -0.1) is 0 Å². The van der Waals surface area contributed by atoms with Crippen LogP contribution in [0.25, 0.3) is 0 Å². The second-order valence-electron chi connectivity index (χ2n) is 3.68. The molecule has 1 N–H and O–H groups in total. The summed E-state index contributed by atoms with van der Waals surface area (Å²) in [4.78, 5) is 0. The van der Waals surface area contributed by atoms with Gasteiger partial charge in [-0.2, -0.15) is 0 Å². The Hall–Kier alpha value is -2.09. The normalized spacial score (nSPS) is 11.4. The lowest BCUT2D eigenvalue weighted by Crippen LogP contribution is -2.03. The quantitative estimate of drug-likeness (QED) is 0.461. The van der Waals surface area contributed by atoms with Crippen LogP contribution in [-0.2, 0) is 0 Å². The molecule has 0 heterocycles. The van der Waals surface area contributed by atoms with E-state index in [0.29, 0.717) is 5.71 Å². The highest BCUT2D eigenvalue weighted by Crippen LogP contribution is 2.12.